The first-order valence-corrected chi connectivity index (χ1v) is 9.07. The van der Waals surface area contributed by atoms with Gasteiger partial charge in [-0.2, -0.15) is 4.31 Å². The van der Waals surface area contributed by atoms with Crippen LogP contribution in [0.4, 0.5) is 0 Å². The minimum atomic E-state index is -3.43. The first-order chi connectivity index (χ1) is 9.30. The smallest absolute Gasteiger partial charge is 0.243 e. The molecular weight excluding hydrogens is 376 g/mol. The predicted molar refractivity (Wildman–Crippen MR) is 91.3 cm³/mol. The third-order valence-electron chi connectivity index (χ3n) is 3.82. The lowest BCUT2D eigenvalue weighted by atomic mass is 9.93. The Morgan fingerprint density at radius 2 is 2.05 bits per heavy atom. The minimum absolute atomic E-state index is 0. The number of nitrogens with two attached hydrogens (primary N) is 1. The number of hydrogen-bond acceptors (Lipinski definition) is 3. The molecule has 1 aromatic carbocycles. The number of halogens is 2. The van der Waals surface area contributed by atoms with Crippen molar-refractivity contribution < 1.29 is 8.42 Å². The van der Waals surface area contributed by atoms with Gasteiger partial charge in [-0.05, 0) is 56.4 Å². The highest BCUT2D eigenvalue weighted by Crippen LogP contribution is 2.27. The average molecular weight is 398 g/mol. The quantitative estimate of drug-likeness (QED) is 0.853. The summed E-state index contributed by atoms with van der Waals surface area (Å²) in [5.74, 6) is 0.242. The van der Waals surface area contributed by atoms with Crippen molar-refractivity contribution in [3.63, 3.8) is 0 Å². The maximum atomic E-state index is 12.7. The summed E-state index contributed by atoms with van der Waals surface area (Å²) in [5, 5.41) is 0. The fraction of sp³-hybridized carbons (Fsp3) is 0.571. The van der Waals surface area contributed by atoms with Crippen molar-refractivity contribution in [2.45, 2.75) is 37.6 Å². The van der Waals surface area contributed by atoms with Gasteiger partial charge in [0.25, 0.3) is 0 Å². The van der Waals surface area contributed by atoms with E-state index in [4.69, 9.17) is 5.73 Å². The Kier molecular flexibility index (Phi) is 6.68. The van der Waals surface area contributed by atoms with E-state index in [0.717, 1.165) is 22.9 Å². The van der Waals surface area contributed by atoms with E-state index in [-0.39, 0.29) is 24.4 Å². The Balaban J connectivity index is 0.00000220. The SMILES string of the molecule is Cc1cc(Br)cc(S(=O)(=O)N2CCCC(C(C)N)C2)c1.Cl. The zero-order valence-electron chi connectivity index (χ0n) is 12.3. The normalized spacial score (nSPS) is 21.6. The standard InChI is InChI=1S/C14H21BrN2O2S.ClH/c1-10-6-13(15)8-14(7-10)20(18,19)17-5-3-4-12(9-17)11(2)16;/h6-8,11-12H,3-5,9,16H2,1-2H3;1H. The lowest BCUT2D eigenvalue weighted by Crippen LogP contribution is -2.44. The van der Waals surface area contributed by atoms with E-state index in [1.54, 1.807) is 16.4 Å². The van der Waals surface area contributed by atoms with Gasteiger partial charge in [0, 0.05) is 23.6 Å². The molecule has 1 aliphatic heterocycles. The van der Waals surface area contributed by atoms with Gasteiger partial charge in [-0.15, -0.1) is 12.4 Å². The van der Waals surface area contributed by atoms with Gasteiger partial charge in [-0.3, -0.25) is 0 Å². The van der Waals surface area contributed by atoms with Crippen LogP contribution >= 0.6 is 28.3 Å². The largest absolute Gasteiger partial charge is 0.328 e. The zero-order valence-corrected chi connectivity index (χ0v) is 15.5. The van der Waals surface area contributed by atoms with Crippen LogP contribution in [-0.4, -0.2) is 31.9 Å². The van der Waals surface area contributed by atoms with Gasteiger partial charge >= 0.3 is 0 Å². The summed E-state index contributed by atoms with van der Waals surface area (Å²) < 4.78 is 27.8. The lowest BCUT2D eigenvalue weighted by Gasteiger charge is -2.33. The van der Waals surface area contributed by atoms with Crippen LogP contribution in [0.25, 0.3) is 0 Å². The molecule has 2 unspecified atom stereocenters. The Morgan fingerprint density at radius 3 is 2.62 bits per heavy atom. The zero-order chi connectivity index (χ0) is 14.9. The van der Waals surface area contributed by atoms with Gasteiger partial charge < -0.3 is 5.73 Å². The molecule has 0 saturated carbocycles. The number of piperidine rings is 1. The van der Waals surface area contributed by atoms with Gasteiger partial charge in [0.05, 0.1) is 4.90 Å². The second-order valence-electron chi connectivity index (χ2n) is 5.59. The first-order valence-electron chi connectivity index (χ1n) is 6.83. The Bertz CT molecular complexity index is 572. The van der Waals surface area contributed by atoms with Crippen molar-refractivity contribution in [2.24, 2.45) is 11.7 Å². The Labute approximate surface area is 141 Å². The summed E-state index contributed by atoms with van der Waals surface area (Å²) in [6, 6.07) is 5.31. The van der Waals surface area contributed by atoms with Gasteiger partial charge in [0.2, 0.25) is 10.0 Å². The topological polar surface area (TPSA) is 63.4 Å². The van der Waals surface area contributed by atoms with Crippen LogP contribution in [-0.2, 0) is 10.0 Å². The summed E-state index contributed by atoms with van der Waals surface area (Å²) in [5.41, 5.74) is 6.86. The molecule has 1 saturated heterocycles. The molecule has 0 amide bonds. The molecule has 1 heterocycles. The molecule has 0 spiro atoms. The molecule has 0 radical (unpaired) electrons. The van der Waals surface area contributed by atoms with Gasteiger partial charge in [0.1, 0.15) is 0 Å². The van der Waals surface area contributed by atoms with Gasteiger partial charge in [-0.25, -0.2) is 8.42 Å². The van der Waals surface area contributed by atoms with Crippen molar-refractivity contribution in [1.29, 1.82) is 0 Å². The molecule has 4 nitrogen and oxygen atoms in total. The molecule has 1 aliphatic rings. The molecule has 2 rings (SSSR count). The van der Waals surface area contributed by atoms with Crippen molar-refractivity contribution in [3.05, 3.63) is 28.2 Å². The monoisotopic (exact) mass is 396 g/mol. The van der Waals surface area contributed by atoms with Gasteiger partial charge in [-0.1, -0.05) is 15.9 Å². The van der Waals surface area contributed by atoms with E-state index in [1.807, 2.05) is 19.9 Å². The predicted octanol–water partition coefficient (Wildman–Crippen LogP) is 2.93. The number of rotatable bonds is 3. The molecule has 21 heavy (non-hydrogen) atoms. The maximum absolute atomic E-state index is 12.7. The summed E-state index contributed by atoms with van der Waals surface area (Å²) in [6.45, 7) is 4.94. The summed E-state index contributed by atoms with van der Waals surface area (Å²) >= 11 is 3.36. The van der Waals surface area contributed by atoms with Crippen LogP contribution in [0.5, 0.6) is 0 Å². The fourth-order valence-corrected chi connectivity index (χ4v) is 5.05. The Hall–Kier alpha value is -0.140. The second kappa shape index (κ2) is 7.42. The fourth-order valence-electron chi connectivity index (χ4n) is 2.62. The molecule has 2 atom stereocenters. The van der Waals surface area contributed by atoms with E-state index in [9.17, 15) is 8.42 Å². The van der Waals surface area contributed by atoms with E-state index in [2.05, 4.69) is 15.9 Å². The molecule has 0 bridgehead atoms. The average Bonchev–Trinajstić information content (AvgIpc) is 2.37. The highest BCUT2D eigenvalue weighted by molar-refractivity contribution is 9.10. The molecule has 1 fully saturated rings. The Morgan fingerprint density at radius 1 is 1.38 bits per heavy atom. The van der Waals surface area contributed by atoms with Crippen molar-refractivity contribution >= 4 is 38.4 Å². The van der Waals surface area contributed by atoms with Crippen LogP contribution in [0.15, 0.2) is 27.6 Å². The summed E-state index contributed by atoms with van der Waals surface area (Å²) in [7, 11) is -3.43. The second-order valence-corrected chi connectivity index (χ2v) is 8.44. The third kappa shape index (κ3) is 4.42. The molecule has 2 N–H and O–H groups in total. The summed E-state index contributed by atoms with van der Waals surface area (Å²) in [4.78, 5) is 0.356. The highest BCUT2D eigenvalue weighted by Gasteiger charge is 2.31. The molecule has 120 valence electrons. The number of benzene rings is 1. The molecule has 1 aromatic rings. The third-order valence-corrected chi connectivity index (χ3v) is 6.12. The first kappa shape index (κ1) is 18.9. The van der Waals surface area contributed by atoms with Crippen LogP contribution in [0.1, 0.15) is 25.3 Å². The van der Waals surface area contributed by atoms with E-state index < -0.39 is 10.0 Å². The summed E-state index contributed by atoms with van der Waals surface area (Å²) in [6.07, 6.45) is 1.87. The van der Waals surface area contributed by atoms with Crippen LogP contribution < -0.4 is 5.73 Å². The maximum Gasteiger partial charge on any atom is 0.243 e. The number of hydrogen-bond donors (Lipinski definition) is 1. The van der Waals surface area contributed by atoms with Crippen LogP contribution in [0.2, 0.25) is 0 Å². The van der Waals surface area contributed by atoms with E-state index in [0.29, 0.717) is 18.0 Å². The van der Waals surface area contributed by atoms with Gasteiger partial charge in [0.15, 0.2) is 0 Å². The molecule has 0 aliphatic carbocycles. The highest BCUT2D eigenvalue weighted by atomic mass is 79.9. The van der Waals surface area contributed by atoms with Crippen molar-refractivity contribution in [2.75, 3.05) is 13.1 Å². The minimum Gasteiger partial charge on any atom is -0.328 e. The number of aryl methyl sites for hydroxylation is 1. The lowest BCUT2D eigenvalue weighted by molar-refractivity contribution is 0.243. The molecular formula is C14H22BrClN2O2S. The van der Waals surface area contributed by atoms with E-state index >= 15 is 0 Å². The van der Waals surface area contributed by atoms with Crippen molar-refractivity contribution in [3.8, 4) is 0 Å². The number of nitrogens with zero attached hydrogens (tertiary/aromatic N) is 1. The van der Waals surface area contributed by atoms with Crippen molar-refractivity contribution in [1.82, 2.24) is 4.31 Å². The number of sulfonamides is 1. The molecule has 0 aromatic heterocycles. The van der Waals surface area contributed by atoms with E-state index in [1.165, 1.54) is 0 Å². The molecule has 7 heteroatoms. The van der Waals surface area contributed by atoms with Crippen LogP contribution in [0.3, 0.4) is 0 Å². The van der Waals surface area contributed by atoms with Crippen LogP contribution in [0, 0.1) is 12.8 Å².